The van der Waals surface area contributed by atoms with E-state index in [-0.39, 0.29) is 0 Å². The maximum atomic E-state index is 6.21. The summed E-state index contributed by atoms with van der Waals surface area (Å²) in [6.07, 6.45) is 3.64. The van der Waals surface area contributed by atoms with Gasteiger partial charge in [0.2, 0.25) is 5.95 Å². The molecule has 0 spiro atoms. The molecule has 3 heterocycles. The van der Waals surface area contributed by atoms with E-state index in [2.05, 4.69) is 51.1 Å². The second-order valence-electron chi connectivity index (χ2n) is 10.3. The van der Waals surface area contributed by atoms with Gasteiger partial charge in [-0.25, -0.2) is 4.98 Å². The molecule has 1 aromatic heterocycles. The van der Waals surface area contributed by atoms with Crippen molar-refractivity contribution in [2.24, 2.45) is 0 Å². The molecule has 2 aromatic carbocycles. The summed E-state index contributed by atoms with van der Waals surface area (Å²) in [5.41, 5.74) is 2.24. The summed E-state index contributed by atoms with van der Waals surface area (Å²) in [4.78, 5) is 19.2. The van der Waals surface area contributed by atoms with E-state index in [1.165, 1.54) is 31.5 Å². The van der Waals surface area contributed by atoms with Crippen molar-refractivity contribution >= 4 is 22.7 Å². The van der Waals surface area contributed by atoms with Gasteiger partial charge >= 0.3 is 0 Å². The summed E-state index contributed by atoms with van der Waals surface area (Å²) in [6.45, 7) is 8.99. The first kappa shape index (κ1) is 25.5. The van der Waals surface area contributed by atoms with Crippen LogP contribution >= 0.6 is 0 Å². The molecule has 5 rings (SSSR count). The molecule has 0 aliphatic carbocycles. The summed E-state index contributed by atoms with van der Waals surface area (Å²) in [7, 11) is 5.68. The molecule has 0 N–H and O–H groups in total. The first-order chi connectivity index (χ1) is 18.1. The third-order valence-electron chi connectivity index (χ3n) is 7.34. The number of ether oxygens (including phenoxy) is 2. The number of rotatable bonds is 10. The van der Waals surface area contributed by atoms with Crippen molar-refractivity contribution in [3.63, 3.8) is 0 Å². The zero-order valence-electron chi connectivity index (χ0n) is 22.5. The lowest BCUT2D eigenvalue weighted by atomic mass is 10.1. The van der Waals surface area contributed by atoms with Gasteiger partial charge in [-0.15, -0.1) is 0 Å². The second kappa shape index (κ2) is 12.0. The first-order valence-corrected chi connectivity index (χ1v) is 13.5. The maximum Gasteiger partial charge on any atom is 0.227 e. The van der Waals surface area contributed by atoms with Crippen LogP contribution in [-0.4, -0.2) is 93.4 Å². The summed E-state index contributed by atoms with van der Waals surface area (Å²) in [5.74, 6) is 3.16. The minimum atomic E-state index is 0.667. The van der Waals surface area contributed by atoms with Gasteiger partial charge in [-0.1, -0.05) is 30.3 Å². The van der Waals surface area contributed by atoms with E-state index in [1.54, 1.807) is 7.11 Å². The third kappa shape index (κ3) is 6.25. The molecule has 0 unspecified atom stereocenters. The van der Waals surface area contributed by atoms with Crippen molar-refractivity contribution in [3.05, 3.63) is 48.0 Å². The van der Waals surface area contributed by atoms with Gasteiger partial charge in [0.1, 0.15) is 5.82 Å². The molecule has 2 fully saturated rings. The number of benzene rings is 2. The van der Waals surface area contributed by atoms with Gasteiger partial charge < -0.3 is 24.2 Å². The number of likely N-dealkylation sites (tertiary alicyclic amines) is 1. The van der Waals surface area contributed by atoms with E-state index < -0.39 is 0 Å². The van der Waals surface area contributed by atoms with Crippen LogP contribution in [0.4, 0.5) is 11.8 Å². The standard InChI is InChI=1S/C29H40N6O2/c1-32(2)29-30-25-21-27(37-19-9-14-33-12-7-8-13-33)26(36-3)20-24(25)28(31-29)35-17-15-34(16-18-35)22-23-10-5-4-6-11-23/h4-6,10-11,20-21H,7-9,12-19,22H2,1-3H3. The Morgan fingerprint density at radius 3 is 2.32 bits per heavy atom. The number of hydrogen-bond donors (Lipinski definition) is 0. The Balaban J connectivity index is 1.33. The fraction of sp³-hybridized carbons (Fsp3) is 0.517. The van der Waals surface area contributed by atoms with Crippen LogP contribution in [0.25, 0.3) is 10.9 Å². The molecule has 2 aliphatic heterocycles. The molecule has 0 radical (unpaired) electrons. The Hall–Kier alpha value is -3.10. The van der Waals surface area contributed by atoms with E-state index >= 15 is 0 Å². The lowest BCUT2D eigenvalue weighted by Crippen LogP contribution is -2.46. The van der Waals surface area contributed by atoms with E-state index in [9.17, 15) is 0 Å². The number of methoxy groups -OCH3 is 1. The lowest BCUT2D eigenvalue weighted by molar-refractivity contribution is 0.249. The molecular weight excluding hydrogens is 464 g/mol. The molecule has 0 atom stereocenters. The fourth-order valence-corrected chi connectivity index (χ4v) is 5.26. The number of aromatic nitrogens is 2. The molecule has 0 bridgehead atoms. The fourth-order valence-electron chi connectivity index (χ4n) is 5.26. The van der Waals surface area contributed by atoms with Crippen molar-refractivity contribution in [1.29, 1.82) is 0 Å². The van der Waals surface area contributed by atoms with Crippen LogP contribution in [-0.2, 0) is 6.54 Å². The quantitative estimate of drug-likeness (QED) is 0.386. The Morgan fingerprint density at radius 1 is 0.865 bits per heavy atom. The summed E-state index contributed by atoms with van der Waals surface area (Å²) in [6, 6.07) is 14.8. The van der Waals surface area contributed by atoms with Crippen LogP contribution in [0, 0.1) is 0 Å². The predicted octanol–water partition coefficient (Wildman–Crippen LogP) is 3.89. The number of hydrogen-bond acceptors (Lipinski definition) is 8. The largest absolute Gasteiger partial charge is 0.493 e. The Bertz CT molecular complexity index is 1160. The smallest absolute Gasteiger partial charge is 0.227 e. The topological polar surface area (TPSA) is 57.2 Å². The number of fused-ring (bicyclic) bond motifs is 1. The van der Waals surface area contributed by atoms with Crippen LogP contribution in [0.2, 0.25) is 0 Å². The Labute approximate surface area is 220 Å². The molecular formula is C29H40N6O2. The average molecular weight is 505 g/mol. The number of nitrogens with zero attached hydrogens (tertiary/aromatic N) is 6. The number of piperazine rings is 1. The second-order valence-corrected chi connectivity index (χ2v) is 10.3. The average Bonchev–Trinajstić information content (AvgIpc) is 3.44. The van der Waals surface area contributed by atoms with E-state index in [4.69, 9.17) is 19.4 Å². The highest BCUT2D eigenvalue weighted by atomic mass is 16.5. The monoisotopic (exact) mass is 504 g/mol. The summed E-state index contributed by atoms with van der Waals surface area (Å²) >= 11 is 0. The van der Waals surface area contributed by atoms with Gasteiger partial charge in [-0.05, 0) is 44.0 Å². The van der Waals surface area contributed by atoms with Crippen LogP contribution in [0.5, 0.6) is 11.5 Å². The molecule has 8 nitrogen and oxygen atoms in total. The van der Waals surface area contributed by atoms with Gasteiger partial charge in [-0.2, -0.15) is 4.98 Å². The van der Waals surface area contributed by atoms with E-state index in [0.29, 0.717) is 12.6 Å². The minimum absolute atomic E-state index is 0.667. The zero-order chi connectivity index (χ0) is 25.6. The SMILES string of the molecule is COc1cc2c(N3CCN(Cc4ccccc4)CC3)nc(N(C)C)nc2cc1OCCCN1CCCC1. The van der Waals surface area contributed by atoms with Crippen LogP contribution in [0.15, 0.2) is 42.5 Å². The minimum Gasteiger partial charge on any atom is -0.493 e. The first-order valence-electron chi connectivity index (χ1n) is 13.5. The van der Waals surface area contributed by atoms with Gasteiger partial charge in [-0.3, -0.25) is 4.90 Å². The van der Waals surface area contributed by atoms with Gasteiger partial charge in [0, 0.05) is 64.8 Å². The molecule has 37 heavy (non-hydrogen) atoms. The molecule has 2 saturated heterocycles. The van der Waals surface area contributed by atoms with E-state index in [0.717, 1.165) is 73.9 Å². The summed E-state index contributed by atoms with van der Waals surface area (Å²) in [5, 5.41) is 1.00. The van der Waals surface area contributed by atoms with Gasteiger partial charge in [0.25, 0.3) is 0 Å². The maximum absolute atomic E-state index is 6.21. The van der Waals surface area contributed by atoms with Crippen LogP contribution in [0.3, 0.4) is 0 Å². The van der Waals surface area contributed by atoms with Gasteiger partial charge in [0.15, 0.2) is 11.5 Å². The Kier molecular flexibility index (Phi) is 8.26. The highest BCUT2D eigenvalue weighted by Gasteiger charge is 2.23. The van der Waals surface area contributed by atoms with Crippen LogP contribution in [0.1, 0.15) is 24.8 Å². The predicted molar refractivity (Wildman–Crippen MR) is 150 cm³/mol. The molecule has 0 amide bonds. The van der Waals surface area contributed by atoms with Crippen molar-refractivity contribution in [1.82, 2.24) is 19.8 Å². The number of anilines is 2. The highest BCUT2D eigenvalue weighted by Crippen LogP contribution is 2.36. The lowest BCUT2D eigenvalue weighted by Gasteiger charge is -2.36. The normalized spacial score (nSPS) is 16.9. The Morgan fingerprint density at radius 2 is 1.62 bits per heavy atom. The molecule has 198 valence electrons. The zero-order valence-corrected chi connectivity index (χ0v) is 22.5. The van der Waals surface area contributed by atoms with E-state index in [1.807, 2.05) is 25.1 Å². The summed E-state index contributed by atoms with van der Waals surface area (Å²) < 4.78 is 12.0. The molecule has 2 aliphatic rings. The molecule has 3 aromatic rings. The van der Waals surface area contributed by atoms with Crippen molar-refractivity contribution in [3.8, 4) is 11.5 Å². The van der Waals surface area contributed by atoms with Crippen molar-refractivity contribution in [2.45, 2.75) is 25.8 Å². The molecule has 8 heteroatoms. The van der Waals surface area contributed by atoms with Crippen molar-refractivity contribution in [2.75, 3.05) is 83.4 Å². The highest BCUT2D eigenvalue weighted by molar-refractivity contribution is 5.93. The van der Waals surface area contributed by atoms with Crippen LogP contribution < -0.4 is 19.3 Å². The molecule has 0 saturated carbocycles. The third-order valence-corrected chi connectivity index (χ3v) is 7.34. The van der Waals surface area contributed by atoms with Crippen molar-refractivity contribution < 1.29 is 9.47 Å². The van der Waals surface area contributed by atoms with Gasteiger partial charge in [0.05, 0.1) is 19.2 Å².